The summed E-state index contributed by atoms with van der Waals surface area (Å²) >= 11 is 0. The van der Waals surface area contributed by atoms with Gasteiger partial charge < -0.3 is 14.8 Å². The Labute approximate surface area is 101 Å². The molecular weight excluding hydrogens is 218 g/mol. The van der Waals surface area contributed by atoms with Gasteiger partial charge in [0.25, 0.3) is 0 Å². The van der Waals surface area contributed by atoms with Crippen LogP contribution in [-0.4, -0.2) is 19.8 Å². The van der Waals surface area contributed by atoms with Crippen LogP contribution in [0.3, 0.4) is 0 Å². The number of amides is 1. The zero-order chi connectivity index (χ0) is 12.4. The summed E-state index contributed by atoms with van der Waals surface area (Å²) in [6.07, 6.45) is -0.369. The van der Waals surface area contributed by atoms with E-state index in [2.05, 4.69) is 25.2 Å². The van der Waals surface area contributed by atoms with Gasteiger partial charge in [0.15, 0.2) is 0 Å². The molecule has 0 aliphatic carbocycles. The van der Waals surface area contributed by atoms with Gasteiger partial charge in [-0.15, -0.1) is 0 Å². The molecule has 1 aliphatic rings. The lowest BCUT2D eigenvalue weighted by atomic mass is 9.97. The summed E-state index contributed by atoms with van der Waals surface area (Å²) in [5.74, 6) is 1.22. The van der Waals surface area contributed by atoms with Crippen LogP contribution in [0.15, 0.2) is 18.2 Å². The number of ether oxygens (including phenoxy) is 2. The zero-order valence-corrected chi connectivity index (χ0v) is 10.3. The first kappa shape index (κ1) is 11.8. The highest BCUT2D eigenvalue weighted by atomic mass is 16.6. The number of rotatable bonds is 3. The number of cyclic esters (lactones) is 1. The van der Waals surface area contributed by atoms with Crippen molar-refractivity contribution in [3.05, 3.63) is 29.3 Å². The molecule has 1 N–H and O–H groups in total. The second kappa shape index (κ2) is 4.65. The fourth-order valence-electron chi connectivity index (χ4n) is 1.94. The number of hydrogen-bond donors (Lipinski definition) is 1. The fraction of sp³-hybridized carbons (Fsp3) is 0.462. The molecule has 1 aromatic carbocycles. The molecule has 0 unspecified atom stereocenters. The molecule has 0 bridgehead atoms. The van der Waals surface area contributed by atoms with Gasteiger partial charge in [-0.2, -0.15) is 0 Å². The van der Waals surface area contributed by atoms with Gasteiger partial charge in [0.1, 0.15) is 12.4 Å². The first-order valence-corrected chi connectivity index (χ1v) is 5.73. The van der Waals surface area contributed by atoms with Crippen LogP contribution >= 0.6 is 0 Å². The summed E-state index contributed by atoms with van der Waals surface area (Å²) in [7, 11) is 1.63. The van der Waals surface area contributed by atoms with Crippen molar-refractivity contribution in [2.75, 3.05) is 13.7 Å². The standard InChI is InChI=1S/C13H17NO3/c1-8(2)9-4-5-12(16-3)10(6-9)11-7-17-13(15)14-11/h4-6,8,11H,7H2,1-3H3,(H,14,15)/t11-/m0/s1. The summed E-state index contributed by atoms with van der Waals surface area (Å²) < 4.78 is 10.2. The van der Waals surface area contributed by atoms with Crippen LogP contribution in [0.25, 0.3) is 0 Å². The molecule has 0 spiro atoms. The van der Waals surface area contributed by atoms with E-state index in [9.17, 15) is 4.79 Å². The van der Waals surface area contributed by atoms with Crippen molar-refractivity contribution < 1.29 is 14.3 Å². The van der Waals surface area contributed by atoms with Gasteiger partial charge in [-0.3, -0.25) is 0 Å². The van der Waals surface area contributed by atoms with Gasteiger partial charge in [0.05, 0.1) is 13.2 Å². The molecule has 1 fully saturated rings. The van der Waals surface area contributed by atoms with Crippen molar-refractivity contribution in [2.45, 2.75) is 25.8 Å². The van der Waals surface area contributed by atoms with Crippen LogP contribution in [0, 0.1) is 0 Å². The Morgan fingerprint density at radius 1 is 1.47 bits per heavy atom. The Morgan fingerprint density at radius 2 is 2.24 bits per heavy atom. The number of methoxy groups -OCH3 is 1. The van der Waals surface area contributed by atoms with Crippen LogP contribution < -0.4 is 10.1 Å². The highest BCUT2D eigenvalue weighted by Gasteiger charge is 2.26. The van der Waals surface area contributed by atoms with Crippen LogP contribution in [0.2, 0.25) is 0 Å². The summed E-state index contributed by atoms with van der Waals surface area (Å²) in [4.78, 5) is 11.1. The molecule has 0 radical (unpaired) electrons. The minimum absolute atomic E-state index is 0.115. The van der Waals surface area contributed by atoms with Crippen molar-refractivity contribution in [2.24, 2.45) is 0 Å². The number of benzene rings is 1. The number of carbonyl (C=O) groups is 1. The third-order valence-corrected chi connectivity index (χ3v) is 2.97. The molecule has 1 atom stereocenters. The summed E-state index contributed by atoms with van der Waals surface area (Å²) in [5, 5.41) is 2.77. The maximum atomic E-state index is 11.1. The zero-order valence-electron chi connectivity index (χ0n) is 10.3. The third-order valence-electron chi connectivity index (χ3n) is 2.97. The predicted molar refractivity (Wildman–Crippen MR) is 64.3 cm³/mol. The molecule has 1 aliphatic heterocycles. The SMILES string of the molecule is COc1ccc(C(C)C)cc1[C@@H]1COC(=O)N1. The summed E-state index contributed by atoms with van der Waals surface area (Å²) in [6.45, 7) is 4.63. The molecule has 0 aromatic heterocycles. The van der Waals surface area contributed by atoms with Gasteiger partial charge in [0.2, 0.25) is 0 Å². The van der Waals surface area contributed by atoms with Gasteiger partial charge in [-0.1, -0.05) is 19.9 Å². The van der Waals surface area contributed by atoms with E-state index in [4.69, 9.17) is 9.47 Å². The molecule has 92 valence electrons. The number of nitrogens with one attached hydrogen (secondary N) is 1. The van der Waals surface area contributed by atoms with Crippen LogP contribution in [0.5, 0.6) is 5.75 Å². The number of carbonyl (C=O) groups excluding carboxylic acids is 1. The Balaban J connectivity index is 2.35. The molecule has 1 amide bonds. The Bertz CT molecular complexity index is 429. The molecular formula is C13H17NO3. The van der Waals surface area contributed by atoms with E-state index in [1.54, 1.807) is 7.11 Å². The van der Waals surface area contributed by atoms with E-state index in [1.807, 2.05) is 12.1 Å². The molecule has 4 heteroatoms. The molecule has 17 heavy (non-hydrogen) atoms. The van der Waals surface area contributed by atoms with Crippen molar-refractivity contribution in [3.8, 4) is 5.75 Å². The Morgan fingerprint density at radius 3 is 2.76 bits per heavy atom. The van der Waals surface area contributed by atoms with E-state index in [1.165, 1.54) is 5.56 Å². The first-order chi connectivity index (χ1) is 8.11. The quantitative estimate of drug-likeness (QED) is 0.876. The summed E-state index contributed by atoms with van der Waals surface area (Å²) in [5.41, 5.74) is 2.20. The molecule has 1 saturated heterocycles. The molecule has 1 aromatic rings. The van der Waals surface area contributed by atoms with Crippen molar-refractivity contribution >= 4 is 6.09 Å². The minimum Gasteiger partial charge on any atom is -0.496 e. The smallest absolute Gasteiger partial charge is 0.407 e. The lowest BCUT2D eigenvalue weighted by Gasteiger charge is -2.16. The molecule has 0 saturated carbocycles. The van der Waals surface area contributed by atoms with Gasteiger partial charge in [-0.05, 0) is 23.6 Å². The monoisotopic (exact) mass is 235 g/mol. The predicted octanol–water partition coefficient (Wildman–Crippen LogP) is 2.60. The Hall–Kier alpha value is -1.71. The highest BCUT2D eigenvalue weighted by Crippen LogP contribution is 2.30. The van der Waals surface area contributed by atoms with E-state index in [-0.39, 0.29) is 12.1 Å². The van der Waals surface area contributed by atoms with Crippen LogP contribution in [0.1, 0.15) is 36.9 Å². The topological polar surface area (TPSA) is 47.6 Å². The van der Waals surface area contributed by atoms with E-state index >= 15 is 0 Å². The minimum atomic E-state index is -0.369. The third kappa shape index (κ3) is 2.35. The fourth-order valence-corrected chi connectivity index (χ4v) is 1.94. The number of alkyl carbamates (subject to hydrolysis) is 1. The number of hydrogen-bond acceptors (Lipinski definition) is 3. The largest absolute Gasteiger partial charge is 0.496 e. The van der Waals surface area contributed by atoms with Gasteiger partial charge in [-0.25, -0.2) is 4.79 Å². The van der Waals surface area contributed by atoms with E-state index < -0.39 is 0 Å². The maximum absolute atomic E-state index is 11.1. The van der Waals surface area contributed by atoms with Crippen molar-refractivity contribution in [1.82, 2.24) is 5.32 Å². The average Bonchev–Trinajstić information content (AvgIpc) is 2.74. The van der Waals surface area contributed by atoms with E-state index in [0.29, 0.717) is 12.5 Å². The summed E-state index contributed by atoms with van der Waals surface area (Å²) in [6, 6.07) is 5.94. The first-order valence-electron chi connectivity index (χ1n) is 5.73. The lowest BCUT2D eigenvalue weighted by molar-refractivity contribution is 0.177. The second-order valence-electron chi connectivity index (χ2n) is 4.45. The van der Waals surface area contributed by atoms with Crippen LogP contribution in [-0.2, 0) is 4.74 Å². The lowest BCUT2D eigenvalue weighted by Crippen LogP contribution is -2.19. The van der Waals surface area contributed by atoms with Crippen LogP contribution in [0.4, 0.5) is 4.79 Å². The molecule has 1 heterocycles. The molecule has 4 nitrogen and oxygen atoms in total. The normalized spacial score (nSPS) is 19.1. The second-order valence-corrected chi connectivity index (χ2v) is 4.45. The maximum Gasteiger partial charge on any atom is 0.407 e. The van der Waals surface area contributed by atoms with Gasteiger partial charge in [0, 0.05) is 5.56 Å². The average molecular weight is 235 g/mol. The Kier molecular flexibility index (Phi) is 3.22. The van der Waals surface area contributed by atoms with Gasteiger partial charge >= 0.3 is 6.09 Å². The van der Waals surface area contributed by atoms with Crippen molar-refractivity contribution in [1.29, 1.82) is 0 Å². The van der Waals surface area contributed by atoms with E-state index in [0.717, 1.165) is 11.3 Å². The molecule has 2 rings (SSSR count). The highest BCUT2D eigenvalue weighted by molar-refractivity contribution is 5.70. The van der Waals surface area contributed by atoms with Crippen molar-refractivity contribution in [3.63, 3.8) is 0 Å².